The molecule has 1 aromatic heterocycles. The molecule has 3 rings (SSSR count). The third-order valence-electron chi connectivity index (χ3n) is 3.14. The van der Waals surface area contributed by atoms with E-state index in [4.69, 9.17) is 16.3 Å². The summed E-state index contributed by atoms with van der Waals surface area (Å²) in [6.07, 6.45) is 0. The number of aromatic nitrogens is 1. The van der Waals surface area contributed by atoms with Gasteiger partial charge in [0.1, 0.15) is 5.69 Å². The van der Waals surface area contributed by atoms with Crippen LogP contribution in [0.4, 0.5) is 10.8 Å². The van der Waals surface area contributed by atoms with Crippen molar-refractivity contribution in [2.45, 2.75) is 0 Å². The molecule has 1 amide bonds. The molecular weight excluding hydrogens is 310 g/mol. The Bertz CT molecular complexity index is 641. The number of carbonyl (C=O) groups excluding carboxylic acids is 1. The summed E-state index contributed by atoms with van der Waals surface area (Å²) in [6.45, 7) is 2.40. The minimum absolute atomic E-state index is 0.0539. The Kier molecular flexibility index (Phi) is 4.38. The zero-order valence-electron chi connectivity index (χ0n) is 11.2. The Morgan fingerprint density at radius 3 is 2.86 bits per heavy atom. The molecule has 7 heteroatoms. The van der Waals surface area contributed by atoms with Crippen molar-refractivity contribution in [1.29, 1.82) is 0 Å². The lowest BCUT2D eigenvalue weighted by Gasteiger charge is -2.25. The van der Waals surface area contributed by atoms with Crippen LogP contribution in [-0.2, 0) is 4.74 Å². The third-order valence-corrected chi connectivity index (χ3v) is 4.22. The molecule has 0 atom stereocenters. The van der Waals surface area contributed by atoms with Gasteiger partial charge < -0.3 is 15.0 Å². The number of halogens is 1. The van der Waals surface area contributed by atoms with E-state index in [1.807, 2.05) is 18.2 Å². The van der Waals surface area contributed by atoms with Crippen molar-refractivity contribution >= 4 is 39.7 Å². The van der Waals surface area contributed by atoms with Crippen LogP contribution in [0.2, 0.25) is 5.02 Å². The molecule has 0 bridgehead atoms. The highest BCUT2D eigenvalue weighted by atomic mass is 35.5. The number of nitrogens with one attached hydrogen (secondary N) is 1. The molecule has 2 aromatic rings. The molecule has 110 valence electrons. The number of amides is 1. The van der Waals surface area contributed by atoms with E-state index in [-0.39, 0.29) is 5.91 Å². The van der Waals surface area contributed by atoms with Crippen LogP contribution in [0.25, 0.3) is 0 Å². The Morgan fingerprint density at radius 2 is 2.10 bits per heavy atom. The number of ether oxygens (including phenoxy) is 1. The molecule has 0 radical (unpaired) electrons. The molecule has 1 fully saturated rings. The summed E-state index contributed by atoms with van der Waals surface area (Å²) in [6, 6.07) is 7.43. The number of anilines is 2. The summed E-state index contributed by atoms with van der Waals surface area (Å²) in [7, 11) is 0. The summed E-state index contributed by atoms with van der Waals surface area (Å²) in [5.41, 5.74) is 1.23. The van der Waals surface area contributed by atoms with Gasteiger partial charge in [0.2, 0.25) is 0 Å². The average molecular weight is 324 g/mol. The Labute approximate surface area is 131 Å². The minimum atomic E-state index is -0.0539. The Hall–Kier alpha value is -1.63. The van der Waals surface area contributed by atoms with Gasteiger partial charge in [-0.15, -0.1) is 11.3 Å². The number of thiazole rings is 1. The van der Waals surface area contributed by atoms with Crippen molar-refractivity contribution < 1.29 is 9.53 Å². The van der Waals surface area contributed by atoms with Crippen LogP contribution in [0.3, 0.4) is 0 Å². The second-order valence-electron chi connectivity index (χ2n) is 4.55. The smallest absolute Gasteiger partial charge is 0.273 e. The maximum Gasteiger partial charge on any atom is 0.273 e. The van der Waals surface area contributed by atoms with Gasteiger partial charge in [0.15, 0.2) is 5.13 Å². The van der Waals surface area contributed by atoms with E-state index >= 15 is 0 Å². The number of carbonyl (C=O) groups is 1. The lowest BCUT2D eigenvalue weighted by atomic mass is 10.3. The van der Waals surface area contributed by atoms with Crippen molar-refractivity contribution in [3.8, 4) is 0 Å². The van der Waals surface area contributed by atoms with E-state index in [2.05, 4.69) is 10.3 Å². The van der Waals surface area contributed by atoms with Gasteiger partial charge in [0, 0.05) is 18.5 Å². The number of morpholine rings is 1. The highest BCUT2D eigenvalue weighted by Gasteiger charge is 2.21. The van der Waals surface area contributed by atoms with Gasteiger partial charge >= 0.3 is 0 Å². The highest BCUT2D eigenvalue weighted by Crippen LogP contribution is 2.27. The number of para-hydroxylation sites is 1. The van der Waals surface area contributed by atoms with Crippen molar-refractivity contribution in [2.75, 3.05) is 31.6 Å². The van der Waals surface area contributed by atoms with Gasteiger partial charge in [0.25, 0.3) is 5.91 Å². The summed E-state index contributed by atoms with van der Waals surface area (Å²) in [5.74, 6) is -0.0539. The minimum Gasteiger partial charge on any atom is -0.378 e. The molecule has 0 spiro atoms. The van der Waals surface area contributed by atoms with E-state index < -0.39 is 0 Å². The van der Waals surface area contributed by atoms with Crippen LogP contribution in [-0.4, -0.2) is 42.1 Å². The molecule has 1 aliphatic heterocycles. The fraction of sp³-hybridized carbons (Fsp3) is 0.286. The lowest BCUT2D eigenvalue weighted by Crippen LogP contribution is -2.40. The van der Waals surface area contributed by atoms with E-state index in [0.29, 0.717) is 42.2 Å². The monoisotopic (exact) mass is 323 g/mol. The van der Waals surface area contributed by atoms with Crippen LogP contribution in [0.15, 0.2) is 29.6 Å². The zero-order valence-corrected chi connectivity index (χ0v) is 12.8. The molecule has 0 unspecified atom stereocenters. The Balaban J connectivity index is 1.71. The number of nitrogens with zero attached hydrogens (tertiary/aromatic N) is 2. The highest BCUT2D eigenvalue weighted by molar-refractivity contribution is 7.14. The quantitative estimate of drug-likeness (QED) is 0.943. The number of rotatable bonds is 3. The molecule has 0 aliphatic carbocycles. The first-order chi connectivity index (χ1) is 10.2. The van der Waals surface area contributed by atoms with Gasteiger partial charge in [-0.2, -0.15) is 0 Å². The van der Waals surface area contributed by atoms with Crippen LogP contribution in [0.5, 0.6) is 0 Å². The van der Waals surface area contributed by atoms with E-state index in [9.17, 15) is 4.79 Å². The topological polar surface area (TPSA) is 54.5 Å². The molecule has 21 heavy (non-hydrogen) atoms. The van der Waals surface area contributed by atoms with Crippen LogP contribution >= 0.6 is 22.9 Å². The lowest BCUT2D eigenvalue weighted by molar-refractivity contribution is 0.0299. The summed E-state index contributed by atoms with van der Waals surface area (Å²) in [5, 5.41) is 6.16. The summed E-state index contributed by atoms with van der Waals surface area (Å²) in [4.78, 5) is 18.4. The molecular formula is C14H14ClN3O2S. The molecule has 2 heterocycles. The number of hydrogen-bond acceptors (Lipinski definition) is 5. The first-order valence-electron chi connectivity index (χ1n) is 6.58. The first-order valence-corrected chi connectivity index (χ1v) is 7.84. The molecule has 0 saturated carbocycles. The second kappa shape index (κ2) is 6.43. The first kappa shape index (κ1) is 14.3. The summed E-state index contributed by atoms with van der Waals surface area (Å²) >= 11 is 7.48. The third kappa shape index (κ3) is 3.34. The van der Waals surface area contributed by atoms with Crippen LogP contribution in [0.1, 0.15) is 10.5 Å². The Morgan fingerprint density at radius 1 is 1.33 bits per heavy atom. The van der Waals surface area contributed by atoms with Crippen molar-refractivity contribution in [2.24, 2.45) is 0 Å². The van der Waals surface area contributed by atoms with Gasteiger partial charge in [-0.3, -0.25) is 4.79 Å². The summed E-state index contributed by atoms with van der Waals surface area (Å²) < 4.78 is 5.24. The van der Waals surface area contributed by atoms with Crippen LogP contribution < -0.4 is 5.32 Å². The molecule has 1 saturated heterocycles. The maximum absolute atomic E-state index is 12.3. The van der Waals surface area contributed by atoms with Crippen molar-refractivity contribution in [1.82, 2.24) is 9.88 Å². The van der Waals surface area contributed by atoms with E-state index in [1.54, 1.807) is 16.3 Å². The largest absolute Gasteiger partial charge is 0.378 e. The number of benzene rings is 1. The second-order valence-corrected chi connectivity index (χ2v) is 5.81. The SMILES string of the molecule is O=C(c1csc(Nc2ccccc2Cl)n1)N1CCOCC1. The predicted molar refractivity (Wildman–Crippen MR) is 83.6 cm³/mol. The number of hydrogen-bond donors (Lipinski definition) is 1. The maximum atomic E-state index is 12.3. The fourth-order valence-corrected chi connectivity index (χ4v) is 2.92. The normalized spacial score (nSPS) is 15.0. The fourth-order valence-electron chi connectivity index (χ4n) is 2.04. The zero-order chi connectivity index (χ0) is 14.7. The molecule has 1 N–H and O–H groups in total. The predicted octanol–water partition coefficient (Wildman–Crippen LogP) is 3.01. The molecule has 5 nitrogen and oxygen atoms in total. The van der Waals surface area contributed by atoms with E-state index in [1.165, 1.54) is 11.3 Å². The van der Waals surface area contributed by atoms with Gasteiger partial charge in [0.05, 0.1) is 23.9 Å². The standard InChI is InChI=1S/C14H14ClN3O2S/c15-10-3-1-2-4-11(10)16-14-17-12(9-21-14)13(19)18-5-7-20-8-6-18/h1-4,9H,5-8H2,(H,16,17). The van der Waals surface area contributed by atoms with Crippen molar-refractivity contribution in [3.05, 3.63) is 40.4 Å². The van der Waals surface area contributed by atoms with Gasteiger partial charge in [-0.25, -0.2) is 4.98 Å². The average Bonchev–Trinajstić information content (AvgIpc) is 2.98. The van der Waals surface area contributed by atoms with Crippen molar-refractivity contribution in [3.63, 3.8) is 0 Å². The van der Waals surface area contributed by atoms with Gasteiger partial charge in [-0.1, -0.05) is 23.7 Å². The molecule has 1 aliphatic rings. The van der Waals surface area contributed by atoms with E-state index in [0.717, 1.165) is 5.69 Å². The van der Waals surface area contributed by atoms with Gasteiger partial charge in [-0.05, 0) is 12.1 Å². The van der Waals surface area contributed by atoms with Crippen LogP contribution in [0, 0.1) is 0 Å². The molecule has 1 aromatic carbocycles.